The Labute approximate surface area is 112 Å². The van der Waals surface area contributed by atoms with Crippen molar-refractivity contribution in [2.45, 2.75) is 20.8 Å². The molecule has 0 atom stereocenters. The van der Waals surface area contributed by atoms with Gasteiger partial charge in [0.25, 0.3) is 0 Å². The van der Waals surface area contributed by atoms with E-state index < -0.39 is 5.97 Å². The minimum absolute atomic E-state index is 0.176. The molecule has 19 heavy (non-hydrogen) atoms. The Kier molecular flexibility index (Phi) is 5.73. The maximum absolute atomic E-state index is 11.7. The molecule has 0 aliphatic rings. The normalized spacial score (nSPS) is 12.6. The summed E-state index contributed by atoms with van der Waals surface area (Å²) in [5, 5.41) is 17.1. The lowest BCUT2D eigenvalue weighted by atomic mass is 10.2. The van der Waals surface area contributed by atoms with Crippen molar-refractivity contribution >= 4 is 11.7 Å². The van der Waals surface area contributed by atoms with Gasteiger partial charge in [0.1, 0.15) is 5.76 Å². The largest absolute Gasteiger partial charge is 0.510 e. The van der Waals surface area contributed by atoms with Crippen molar-refractivity contribution in [3.05, 3.63) is 41.8 Å². The van der Waals surface area contributed by atoms with Gasteiger partial charge in [0.2, 0.25) is 5.70 Å². The molecule has 1 rings (SSSR count). The third-order valence-corrected chi connectivity index (χ3v) is 2.11. The van der Waals surface area contributed by atoms with Crippen molar-refractivity contribution in [3.63, 3.8) is 0 Å². The van der Waals surface area contributed by atoms with Crippen LogP contribution in [0.25, 0.3) is 0 Å². The first-order chi connectivity index (χ1) is 9.00. The van der Waals surface area contributed by atoms with Crippen molar-refractivity contribution in [2.75, 3.05) is 6.61 Å². The third kappa shape index (κ3) is 5.33. The molecule has 0 aromatic heterocycles. The van der Waals surface area contributed by atoms with Gasteiger partial charge >= 0.3 is 5.97 Å². The number of aliphatic hydroxyl groups excluding tert-OH is 1. The molecule has 1 aromatic rings. The van der Waals surface area contributed by atoms with Crippen LogP contribution in [-0.2, 0) is 9.53 Å². The smallest absolute Gasteiger partial charge is 0.362 e. The fraction of sp³-hybridized carbons (Fsp3) is 0.357. The minimum atomic E-state index is -0.673. The Bertz CT molecular complexity index is 475. The van der Waals surface area contributed by atoms with Gasteiger partial charge in [-0.05, 0) is 25.0 Å². The molecule has 0 spiro atoms. The number of azo groups is 1. The van der Waals surface area contributed by atoms with Gasteiger partial charge in [-0.2, -0.15) is 5.11 Å². The van der Waals surface area contributed by atoms with Gasteiger partial charge in [-0.25, -0.2) is 4.79 Å². The van der Waals surface area contributed by atoms with Crippen LogP contribution in [0.2, 0.25) is 0 Å². The molecule has 0 radical (unpaired) electrons. The molecule has 1 aromatic carbocycles. The first-order valence-corrected chi connectivity index (χ1v) is 6.04. The molecule has 0 saturated carbocycles. The number of carbonyl (C=O) groups is 1. The van der Waals surface area contributed by atoms with Crippen molar-refractivity contribution in [1.82, 2.24) is 0 Å². The van der Waals surface area contributed by atoms with Gasteiger partial charge in [-0.3, -0.25) is 0 Å². The number of benzene rings is 1. The van der Waals surface area contributed by atoms with E-state index in [0.29, 0.717) is 5.69 Å². The summed E-state index contributed by atoms with van der Waals surface area (Å²) in [6.45, 7) is 5.49. The second kappa shape index (κ2) is 7.31. The standard InChI is InChI=1S/C14H18N2O3/c1-10(2)9-19-14(18)13(11(3)17)16-15-12-7-5-4-6-8-12/h4-8,10,17H,9H2,1-3H3. The van der Waals surface area contributed by atoms with Gasteiger partial charge in [-0.1, -0.05) is 32.0 Å². The van der Waals surface area contributed by atoms with Crippen LogP contribution in [0.5, 0.6) is 0 Å². The molecule has 0 fully saturated rings. The first-order valence-electron chi connectivity index (χ1n) is 6.04. The number of carbonyl (C=O) groups excluding carboxylic acids is 1. The number of hydrogen-bond acceptors (Lipinski definition) is 5. The Hall–Kier alpha value is -2.17. The molecule has 0 bridgehead atoms. The van der Waals surface area contributed by atoms with Gasteiger partial charge in [-0.15, -0.1) is 5.11 Å². The van der Waals surface area contributed by atoms with Crippen LogP contribution in [-0.4, -0.2) is 17.7 Å². The van der Waals surface area contributed by atoms with Crippen LogP contribution < -0.4 is 0 Å². The fourth-order valence-electron chi connectivity index (χ4n) is 1.17. The van der Waals surface area contributed by atoms with Gasteiger partial charge < -0.3 is 9.84 Å². The van der Waals surface area contributed by atoms with Crippen molar-refractivity contribution < 1.29 is 14.6 Å². The summed E-state index contributed by atoms with van der Waals surface area (Å²) >= 11 is 0. The Morgan fingerprint density at radius 1 is 1.32 bits per heavy atom. The molecule has 5 nitrogen and oxygen atoms in total. The molecule has 0 aliphatic carbocycles. The highest BCUT2D eigenvalue weighted by Crippen LogP contribution is 2.15. The zero-order valence-electron chi connectivity index (χ0n) is 11.3. The summed E-state index contributed by atoms with van der Waals surface area (Å²) in [5.74, 6) is -0.669. The number of aliphatic hydroxyl groups is 1. The lowest BCUT2D eigenvalue weighted by molar-refractivity contribution is -0.140. The van der Waals surface area contributed by atoms with Crippen molar-refractivity contribution in [2.24, 2.45) is 16.1 Å². The quantitative estimate of drug-likeness (QED) is 0.380. The number of allylic oxidation sites excluding steroid dienone is 1. The zero-order chi connectivity index (χ0) is 14.3. The van der Waals surface area contributed by atoms with E-state index in [9.17, 15) is 9.90 Å². The third-order valence-electron chi connectivity index (χ3n) is 2.11. The number of ether oxygens (including phenoxy) is 1. The van der Waals surface area contributed by atoms with E-state index >= 15 is 0 Å². The van der Waals surface area contributed by atoms with Gasteiger partial charge in [0, 0.05) is 0 Å². The highest BCUT2D eigenvalue weighted by atomic mass is 16.5. The van der Waals surface area contributed by atoms with E-state index in [1.807, 2.05) is 19.9 Å². The number of nitrogens with zero attached hydrogens (tertiary/aromatic N) is 2. The summed E-state index contributed by atoms with van der Waals surface area (Å²) in [7, 11) is 0. The minimum Gasteiger partial charge on any atom is -0.510 e. The van der Waals surface area contributed by atoms with E-state index in [1.54, 1.807) is 24.3 Å². The maximum atomic E-state index is 11.7. The van der Waals surface area contributed by atoms with Crippen LogP contribution in [0.3, 0.4) is 0 Å². The summed E-state index contributed by atoms with van der Waals surface area (Å²) in [6, 6.07) is 8.95. The Morgan fingerprint density at radius 2 is 1.95 bits per heavy atom. The average Bonchev–Trinajstić information content (AvgIpc) is 2.37. The summed E-state index contributed by atoms with van der Waals surface area (Å²) < 4.78 is 5.00. The lowest BCUT2D eigenvalue weighted by Crippen LogP contribution is -2.12. The number of rotatable bonds is 5. The van der Waals surface area contributed by atoms with E-state index in [1.165, 1.54) is 6.92 Å². The van der Waals surface area contributed by atoms with Gasteiger partial charge in [0.05, 0.1) is 12.3 Å². The first kappa shape index (κ1) is 14.9. The van der Waals surface area contributed by atoms with Crippen molar-refractivity contribution in [1.29, 1.82) is 0 Å². The van der Waals surface area contributed by atoms with Gasteiger partial charge in [0.15, 0.2) is 0 Å². The van der Waals surface area contributed by atoms with Crippen LogP contribution in [0.4, 0.5) is 5.69 Å². The lowest BCUT2D eigenvalue weighted by Gasteiger charge is -2.07. The van der Waals surface area contributed by atoms with E-state index in [2.05, 4.69) is 10.2 Å². The molecule has 102 valence electrons. The second-order valence-corrected chi connectivity index (χ2v) is 4.46. The molecule has 0 unspecified atom stereocenters. The van der Waals surface area contributed by atoms with Crippen LogP contribution in [0, 0.1) is 5.92 Å². The summed E-state index contributed by atoms with van der Waals surface area (Å²) in [4.78, 5) is 11.7. The van der Waals surface area contributed by atoms with Crippen LogP contribution in [0.15, 0.2) is 52.0 Å². The van der Waals surface area contributed by atoms with Crippen LogP contribution >= 0.6 is 0 Å². The maximum Gasteiger partial charge on any atom is 0.362 e. The average molecular weight is 262 g/mol. The molecule has 1 N–H and O–H groups in total. The predicted octanol–water partition coefficient (Wildman–Crippen LogP) is 3.76. The number of esters is 1. The predicted molar refractivity (Wildman–Crippen MR) is 72.1 cm³/mol. The summed E-state index contributed by atoms with van der Waals surface area (Å²) in [5.41, 5.74) is 0.419. The molecular formula is C14H18N2O3. The van der Waals surface area contributed by atoms with Crippen molar-refractivity contribution in [3.8, 4) is 0 Å². The Morgan fingerprint density at radius 3 is 2.47 bits per heavy atom. The topological polar surface area (TPSA) is 71.2 Å². The highest BCUT2D eigenvalue weighted by Gasteiger charge is 2.15. The monoisotopic (exact) mass is 262 g/mol. The van der Waals surface area contributed by atoms with E-state index in [4.69, 9.17) is 4.74 Å². The molecule has 0 saturated heterocycles. The molecule has 0 aliphatic heterocycles. The zero-order valence-corrected chi connectivity index (χ0v) is 11.3. The second-order valence-electron chi connectivity index (χ2n) is 4.46. The highest BCUT2D eigenvalue weighted by molar-refractivity contribution is 5.88. The molecule has 0 amide bonds. The number of hydrogen-bond donors (Lipinski definition) is 1. The molecular weight excluding hydrogens is 244 g/mol. The van der Waals surface area contributed by atoms with Crippen LogP contribution in [0.1, 0.15) is 20.8 Å². The van der Waals surface area contributed by atoms with E-state index in [0.717, 1.165) is 0 Å². The molecule has 5 heteroatoms. The summed E-state index contributed by atoms with van der Waals surface area (Å²) in [6.07, 6.45) is 0. The Balaban J connectivity index is 2.78. The fourth-order valence-corrected chi connectivity index (χ4v) is 1.17. The van der Waals surface area contributed by atoms with E-state index in [-0.39, 0.29) is 24.0 Å². The SMILES string of the molecule is CC(O)=C(N=Nc1ccccc1)C(=O)OCC(C)C. The molecule has 0 heterocycles.